The van der Waals surface area contributed by atoms with Crippen LogP contribution in [0, 0.1) is 0 Å². The highest BCUT2D eigenvalue weighted by molar-refractivity contribution is 6.05. The van der Waals surface area contributed by atoms with E-state index in [2.05, 4.69) is 25.5 Å². The van der Waals surface area contributed by atoms with Gasteiger partial charge in [0.15, 0.2) is 0 Å². The van der Waals surface area contributed by atoms with Gasteiger partial charge in [-0.15, -0.1) is 0 Å². The second-order valence-corrected chi connectivity index (χ2v) is 9.29. The third-order valence-electron chi connectivity index (χ3n) is 6.66. The van der Waals surface area contributed by atoms with E-state index >= 15 is 0 Å². The van der Waals surface area contributed by atoms with E-state index in [4.69, 9.17) is 0 Å². The fraction of sp³-hybridized carbons (Fsp3) is 0.207. The zero-order valence-electron chi connectivity index (χ0n) is 21.1. The maximum Gasteiger partial charge on any atom is 0.259 e. The van der Waals surface area contributed by atoms with Crippen molar-refractivity contribution in [3.05, 3.63) is 96.4 Å². The van der Waals surface area contributed by atoms with E-state index in [-0.39, 0.29) is 17.9 Å². The molecule has 9 nitrogen and oxygen atoms in total. The molecule has 4 N–H and O–H groups in total. The van der Waals surface area contributed by atoms with Crippen molar-refractivity contribution < 1.29 is 14.7 Å². The molecule has 0 bridgehead atoms. The quantitative estimate of drug-likeness (QED) is 0.288. The molecule has 2 aromatic carbocycles. The van der Waals surface area contributed by atoms with E-state index in [1.807, 2.05) is 60.7 Å². The number of rotatable bonds is 7. The fourth-order valence-corrected chi connectivity index (χ4v) is 4.36. The molecule has 0 unspecified atom stereocenters. The Bertz CT molecular complexity index is 1360. The van der Waals surface area contributed by atoms with Gasteiger partial charge in [0, 0.05) is 55.2 Å². The first-order chi connectivity index (χ1) is 18.5. The summed E-state index contributed by atoms with van der Waals surface area (Å²) in [5.74, 6) is 0.336. The van der Waals surface area contributed by atoms with Crippen molar-refractivity contribution in [2.75, 3.05) is 40.6 Å². The summed E-state index contributed by atoms with van der Waals surface area (Å²) in [4.78, 5) is 36.3. The van der Waals surface area contributed by atoms with Crippen LogP contribution in [0.5, 0.6) is 0 Å². The van der Waals surface area contributed by atoms with Gasteiger partial charge in [0.25, 0.3) is 11.8 Å². The molecule has 2 amide bonds. The van der Waals surface area contributed by atoms with Crippen LogP contribution >= 0.6 is 0 Å². The van der Waals surface area contributed by atoms with Gasteiger partial charge in [-0.3, -0.25) is 9.59 Å². The maximum absolute atomic E-state index is 12.7. The summed E-state index contributed by atoms with van der Waals surface area (Å²) < 4.78 is 0. The number of aromatic amines is 1. The second-order valence-electron chi connectivity index (χ2n) is 9.29. The van der Waals surface area contributed by atoms with E-state index in [1.54, 1.807) is 36.6 Å². The number of hydrogen-bond acceptors (Lipinski definition) is 6. The molecular formula is C29H30N6O3. The lowest BCUT2D eigenvalue weighted by Crippen LogP contribution is -2.35. The van der Waals surface area contributed by atoms with Gasteiger partial charge in [-0.05, 0) is 79.6 Å². The topological polar surface area (TPSA) is 114 Å². The minimum Gasteiger partial charge on any atom is -0.393 e. The van der Waals surface area contributed by atoms with Crippen LogP contribution in [-0.4, -0.2) is 53.1 Å². The minimum atomic E-state index is -0.214. The number of carbonyl (C=O) groups excluding carboxylic acids is 2. The summed E-state index contributed by atoms with van der Waals surface area (Å²) in [6.07, 6.45) is 6.33. The van der Waals surface area contributed by atoms with Gasteiger partial charge in [-0.25, -0.2) is 4.98 Å². The first kappa shape index (κ1) is 25.0. The highest BCUT2D eigenvalue weighted by atomic mass is 16.3. The Hall–Kier alpha value is -4.63. The molecule has 2 aromatic heterocycles. The Morgan fingerprint density at radius 2 is 1.66 bits per heavy atom. The van der Waals surface area contributed by atoms with E-state index in [9.17, 15) is 14.7 Å². The van der Waals surface area contributed by atoms with Crippen LogP contribution < -0.4 is 20.4 Å². The molecular weight excluding hydrogens is 480 g/mol. The molecule has 4 aromatic rings. The number of aromatic nitrogens is 2. The number of nitrogens with one attached hydrogen (secondary N) is 3. The first-order valence-electron chi connectivity index (χ1n) is 12.5. The molecule has 1 aliphatic heterocycles. The van der Waals surface area contributed by atoms with E-state index < -0.39 is 0 Å². The number of amides is 2. The number of aliphatic hydroxyl groups excluding tert-OH is 1. The molecule has 1 saturated heterocycles. The minimum absolute atomic E-state index is 0.120. The summed E-state index contributed by atoms with van der Waals surface area (Å²) >= 11 is 0. The molecule has 0 aliphatic carbocycles. The SMILES string of the molecule is CN(C(=O)c1cc[nH]c1)c1ccc(Nc2ccc(NC(=O)c3ccc(N4CCC(O)CC4)cc3)cc2)nc1. The van der Waals surface area contributed by atoms with E-state index in [1.165, 1.54) is 0 Å². The smallest absolute Gasteiger partial charge is 0.259 e. The number of aliphatic hydroxyl groups is 1. The molecule has 0 radical (unpaired) electrons. The van der Waals surface area contributed by atoms with Crippen LogP contribution in [0.1, 0.15) is 33.6 Å². The Labute approximate surface area is 221 Å². The van der Waals surface area contributed by atoms with Crippen molar-refractivity contribution in [1.82, 2.24) is 9.97 Å². The summed E-state index contributed by atoms with van der Waals surface area (Å²) in [5, 5.41) is 15.8. The normalized spacial score (nSPS) is 13.7. The Morgan fingerprint density at radius 1 is 0.947 bits per heavy atom. The first-order valence-corrected chi connectivity index (χ1v) is 12.5. The summed E-state index contributed by atoms with van der Waals surface area (Å²) in [6.45, 7) is 1.63. The number of H-pyrrole nitrogens is 1. The molecule has 0 atom stereocenters. The van der Waals surface area contributed by atoms with Crippen LogP contribution in [0.15, 0.2) is 85.3 Å². The third kappa shape index (κ3) is 5.84. The molecule has 0 spiro atoms. The summed E-state index contributed by atoms with van der Waals surface area (Å²) in [6, 6.07) is 20.3. The predicted molar refractivity (Wildman–Crippen MR) is 149 cm³/mol. The van der Waals surface area contributed by atoms with E-state index in [0.29, 0.717) is 28.3 Å². The van der Waals surface area contributed by atoms with Gasteiger partial charge in [-0.1, -0.05) is 0 Å². The summed E-state index contributed by atoms with van der Waals surface area (Å²) in [7, 11) is 1.71. The van der Waals surface area contributed by atoms with Gasteiger partial charge in [0.05, 0.1) is 23.6 Å². The van der Waals surface area contributed by atoms with Crippen molar-refractivity contribution in [1.29, 1.82) is 0 Å². The van der Waals surface area contributed by atoms with Gasteiger partial charge < -0.3 is 30.5 Å². The number of carbonyl (C=O) groups is 2. The number of hydrogen-bond donors (Lipinski definition) is 4. The van der Waals surface area contributed by atoms with Gasteiger partial charge in [0.1, 0.15) is 5.82 Å². The lowest BCUT2D eigenvalue weighted by Gasteiger charge is -2.31. The third-order valence-corrected chi connectivity index (χ3v) is 6.66. The van der Waals surface area contributed by atoms with E-state index in [0.717, 1.165) is 37.3 Å². The number of piperidine rings is 1. The number of nitrogens with zero attached hydrogens (tertiary/aromatic N) is 3. The fourth-order valence-electron chi connectivity index (χ4n) is 4.36. The highest BCUT2D eigenvalue weighted by Crippen LogP contribution is 2.23. The zero-order chi connectivity index (χ0) is 26.5. The average molecular weight is 511 g/mol. The lowest BCUT2D eigenvalue weighted by atomic mass is 10.1. The Morgan fingerprint density at radius 3 is 2.29 bits per heavy atom. The van der Waals surface area contributed by atoms with Crippen molar-refractivity contribution in [3.63, 3.8) is 0 Å². The number of benzene rings is 2. The molecule has 38 heavy (non-hydrogen) atoms. The molecule has 5 rings (SSSR count). The Balaban J connectivity index is 1.15. The number of pyridine rings is 1. The van der Waals surface area contributed by atoms with Gasteiger partial charge in [-0.2, -0.15) is 0 Å². The molecule has 1 aliphatic rings. The molecule has 9 heteroatoms. The van der Waals surface area contributed by atoms with Crippen LogP contribution in [-0.2, 0) is 0 Å². The standard InChI is InChI=1S/C29H30N6O3/c1-34(29(38)21-12-15-30-18-21)25-10-11-27(31-19-25)32-22-4-6-23(7-5-22)33-28(37)20-2-8-24(9-3-20)35-16-13-26(36)14-17-35/h2-12,15,18-19,26,30,36H,13-14,16-17H2,1H3,(H,31,32)(H,33,37). The lowest BCUT2D eigenvalue weighted by molar-refractivity contribution is 0.0991. The van der Waals surface area contributed by atoms with Crippen LogP contribution in [0.3, 0.4) is 0 Å². The maximum atomic E-state index is 12.7. The molecule has 3 heterocycles. The molecule has 0 saturated carbocycles. The van der Waals surface area contributed by atoms with Crippen LogP contribution in [0.4, 0.5) is 28.6 Å². The van der Waals surface area contributed by atoms with Crippen molar-refractivity contribution in [2.45, 2.75) is 18.9 Å². The highest BCUT2D eigenvalue weighted by Gasteiger charge is 2.18. The average Bonchev–Trinajstić information content (AvgIpc) is 3.49. The largest absolute Gasteiger partial charge is 0.393 e. The van der Waals surface area contributed by atoms with Gasteiger partial charge in [0.2, 0.25) is 0 Å². The van der Waals surface area contributed by atoms with Crippen LogP contribution in [0.2, 0.25) is 0 Å². The Kier molecular flexibility index (Phi) is 7.37. The monoisotopic (exact) mass is 510 g/mol. The summed E-state index contributed by atoms with van der Waals surface area (Å²) in [5.41, 5.74) is 4.40. The van der Waals surface area contributed by atoms with Gasteiger partial charge >= 0.3 is 0 Å². The predicted octanol–water partition coefficient (Wildman–Crippen LogP) is 4.64. The van der Waals surface area contributed by atoms with Crippen LogP contribution in [0.25, 0.3) is 0 Å². The zero-order valence-corrected chi connectivity index (χ0v) is 21.1. The van der Waals surface area contributed by atoms with Crippen molar-refractivity contribution in [2.24, 2.45) is 0 Å². The molecule has 194 valence electrons. The van der Waals surface area contributed by atoms with Crippen molar-refractivity contribution >= 4 is 40.4 Å². The second kappa shape index (κ2) is 11.2. The molecule has 1 fully saturated rings. The van der Waals surface area contributed by atoms with Crippen molar-refractivity contribution in [3.8, 4) is 0 Å². The number of anilines is 5.